The maximum Gasteiger partial charge on any atom is 0.134 e. The van der Waals surface area contributed by atoms with Crippen molar-refractivity contribution in [1.82, 2.24) is 9.97 Å². The number of rotatable bonds is 2. The van der Waals surface area contributed by atoms with Gasteiger partial charge >= 0.3 is 0 Å². The zero-order chi connectivity index (χ0) is 12.5. The molecule has 1 unspecified atom stereocenters. The molecule has 2 N–H and O–H groups in total. The van der Waals surface area contributed by atoms with E-state index in [4.69, 9.17) is 21.8 Å². The Bertz CT molecular complexity index is 681. The van der Waals surface area contributed by atoms with Crippen LogP contribution in [0.1, 0.15) is 17.5 Å². The average Bonchev–Trinajstić information content (AvgIpc) is 2.81. The number of aromatic nitrogens is 2. The number of halogens is 1. The van der Waals surface area contributed by atoms with Gasteiger partial charge in [-0.15, -0.1) is 0 Å². The first-order valence-electron chi connectivity index (χ1n) is 5.44. The molecule has 0 bridgehead atoms. The molecule has 2 aromatic heterocycles. The molecule has 3 rings (SSSR count). The van der Waals surface area contributed by atoms with E-state index >= 15 is 0 Å². The Morgan fingerprint density at radius 2 is 2.11 bits per heavy atom. The van der Waals surface area contributed by atoms with E-state index in [2.05, 4.69) is 9.97 Å². The lowest BCUT2D eigenvalue weighted by atomic mass is 10.1. The van der Waals surface area contributed by atoms with E-state index in [1.165, 1.54) is 0 Å². The molecule has 90 valence electrons. The first-order valence-corrected chi connectivity index (χ1v) is 5.82. The summed E-state index contributed by atoms with van der Waals surface area (Å²) in [5.74, 6) is 0.646. The highest BCUT2D eigenvalue weighted by Crippen LogP contribution is 2.27. The number of nitrogens with zero attached hydrogens (tertiary/aromatic N) is 2. The van der Waals surface area contributed by atoms with Crippen molar-refractivity contribution in [3.05, 3.63) is 59.3 Å². The van der Waals surface area contributed by atoms with Crippen molar-refractivity contribution in [3.63, 3.8) is 0 Å². The van der Waals surface area contributed by atoms with Gasteiger partial charge in [0.2, 0.25) is 0 Å². The monoisotopic (exact) mass is 259 g/mol. The van der Waals surface area contributed by atoms with Gasteiger partial charge in [-0.25, -0.2) is 0 Å². The van der Waals surface area contributed by atoms with Gasteiger partial charge < -0.3 is 10.2 Å². The predicted molar refractivity (Wildman–Crippen MR) is 69.3 cm³/mol. The normalized spacial score (nSPS) is 12.8. The molecule has 0 fully saturated rings. The second-order valence-electron chi connectivity index (χ2n) is 3.94. The number of benzene rings is 1. The maximum atomic E-state index is 6.09. The van der Waals surface area contributed by atoms with Gasteiger partial charge in [-0.05, 0) is 24.3 Å². The molecular formula is C13H10ClN3O. The molecule has 0 aliphatic rings. The fraction of sp³-hybridized carbons (Fsp3) is 0.0769. The second kappa shape index (κ2) is 4.40. The number of furan rings is 1. The lowest BCUT2D eigenvalue weighted by Gasteiger charge is -2.06. The summed E-state index contributed by atoms with van der Waals surface area (Å²) < 4.78 is 5.69. The first kappa shape index (κ1) is 11.2. The van der Waals surface area contributed by atoms with Gasteiger partial charge in [-0.2, -0.15) is 0 Å². The summed E-state index contributed by atoms with van der Waals surface area (Å²) >= 11 is 5.93. The van der Waals surface area contributed by atoms with Crippen LogP contribution in [-0.2, 0) is 0 Å². The predicted octanol–water partition coefficient (Wildman–Crippen LogP) is 2.92. The van der Waals surface area contributed by atoms with E-state index in [1.54, 1.807) is 24.7 Å². The Kier molecular flexibility index (Phi) is 2.74. The van der Waals surface area contributed by atoms with E-state index in [0.29, 0.717) is 16.5 Å². The Morgan fingerprint density at radius 1 is 1.22 bits per heavy atom. The molecule has 18 heavy (non-hydrogen) atoms. The van der Waals surface area contributed by atoms with Crippen LogP contribution in [0.2, 0.25) is 5.02 Å². The highest BCUT2D eigenvalue weighted by atomic mass is 35.5. The third-order valence-electron chi connectivity index (χ3n) is 2.71. The summed E-state index contributed by atoms with van der Waals surface area (Å²) in [6.45, 7) is 0. The van der Waals surface area contributed by atoms with Crippen molar-refractivity contribution in [2.75, 3.05) is 0 Å². The van der Waals surface area contributed by atoms with Crippen molar-refractivity contribution in [3.8, 4) is 0 Å². The minimum atomic E-state index is -0.426. The molecule has 1 atom stereocenters. The fourth-order valence-corrected chi connectivity index (χ4v) is 1.99. The molecule has 4 nitrogen and oxygen atoms in total. The second-order valence-corrected chi connectivity index (χ2v) is 4.38. The van der Waals surface area contributed by atoms with Gasteiger partial charge in [0.1, 0.15) is 17.4 Å². The number of nitrogens with two attached hydrogens (primary N) is 1. The van der Waals surface area contributed by atoms with Crippen molar-refractivity contribution < 1.29 is 4.42 Å². The van der Waals surface area contributed by atoms with Crippen LogP contribution in [-0.4, -0.2) is 9.97 Å². The minimum Gasteiger partial charge on any atom is -0.459 e. The lowest BCUT2D eigenvalue weighted by Crippen LogP contribution is -2.12. The summed E-state index contributed by atoms with van der Waals surface area (Å²) in [4.78, 5) is 8.16. The molecule has 0 radical (unpaired) electrons. The van der Waals surface area contributed by atoms with Crippen LogP contribution in [0.4, 0.5) is 0 Å². The van der Waals surface area contributed by atoms with Gasteiger partial charge in [0.25, 0.3) is 0 Å². The highest BCUT2D eigenvalue weighted by molar-refractivity contribution is 6.31. The van der Waals surface area contributed by atoms with Crippen LogP contribution in [0.3, 0.4) is 0 Å². The lowest BCUT2D eigenvalue weighted by molar-refractivity contribution is 0.520. The summed E-state index contributed by atoms with van der Waals surface area (Å²) in [6, 6.07) is 6.90. The maximum absolute atomic E-state index is 6.09. The molecule has 0 aliphatic carbocycles. The Balaban J connectivity index is 2.04. The molecule has 2 heterocycles. The number of hydrogen-bond acceptors (Lipinski definition) is 4. The van der Waals surface area contributed by atoms with Gasteiger partial charge in [-0.1, -0.05) is 11.6 Å². The Labute approximate surface area is 108 Å². The molecule has 0 saturated carbocycles. The molecule has 0 amide bonds. The van der Waals surface area contributed by atoms with E-state index in [-0.39, 0.29) is 0 Å². The highest BCUT2D eigenvalue weighted by Gasteiger charge is 2.15. The van der Waals surface area contributed by atoms with Crippen LogP contribution >= 0.6 is 11.6 Å². The Morgan fingerprint density at radius 3 is 2.89 bits per heavy atom. The standard InChI is InChI=1S/C13H10ClN3O/c14-9-1-2-11-8(5-9)6-12(18-11)13(15)10-7-16-3-4-17-10/h1-7,13H,15H2. The summed E-state index contributed by atoms with van der Waals surface area (Å²) in [5.41, 5.74) is 7.52. The molecule has 1 aromatic carbocycles. The SMILES string of the molecule is NC(c1cnccn1)c1cc2cc(Cl)ccc2o1. The fourth-order valence-electron chi connectivity index (χ4n) is 1.80. The van der Waals surface area contributed by atoms with E-state index in [1.807, 2.05) is 18.2 Å². The van der Waals surface area contributed by atoms with Crippen LogP contribution in [0, 0.1) is 0 Å². The Hall–Kier alpha value is -1.91. The molecule has 0 spiro atoms. The summed E-state index contributed by atoms with van der Waals surface area (Å²) in [7, 11) is 0. The van der Waals surface area contributed by atoms with Gasteiger partial charge in [0.05, 0.1) is 11.9 Å². The van der Waals surface area contributed by atoms with Crippen molar-refractivity contribution >= 4 is 22.6 Å². The molecule has 0 saturated heterocycles. The van der Waals surface area contributed by atoms with Crippen molar-refractivity contribution in [2.24, 2.45) is 5.73 Å². The zero-order valence-electron chi connectivity index (χ0n) is 9.38. The van der Waals surface area contributed by atoms with Crippen LogP contribution in [0.15, 0.2) is 47.3 Å². The van der Waals surface area contributed by atoms with Crippen LogP contribution < -0.4 is 5.73 Å². The minimum absolute atomic E-state index is 0.426. The summed E-state index contributed by atoms with van der Waals surface area (Å²) in [5, 5.41) is 1.60. The number of hydrogen-bond donors (Lipinski definition) is 1. The van der Waals surface area contributed by atoms with Crippen LogP contribution in [0.25, 0.3) is 11.0 Å². The van der Waals surface area contributed by atoms with Crippen molar-refractivity contribution in [2.45, 2.75) is 6.04 Å². The third kappa shape index (κ3) is 1.96. The molecular weight excluding hydrogens is 250 g/mol. The van der Waals surface area contributed by atoms with E-state index in [9.17, 15) is 0 Å². The van der Waals surface area contributed by atoms with E-state index in [0.717, 1.165) is 11.0 Å². The number of fused-ring (bicyclic) bond motifs is 1. The first-order chi connectivity index (χ1) is 8.74. The zero-order valence-corrected chi connectivity index (χ0v) is 10.1. The third-order valence-corrected chi connectivity index (χ3v) is 2.94. The summed E-state index contributed by atoms with van der Waals surface area (Å²) in [6.07, 6.45) is 4.84. The van der Waals surface area contributed by atoms with Gasteiger partial charge in [0, 0.05) is 22.8 Å². The molecule has 3 aromatic rings. The topological polar surface area (TPSA) is 64.9 Å². The molecule has 5 heteroatoms. The smallest absolute Gasteiger partial charge is 0.134 e. The van der Waals surface area contributed by atoms with E-state index < -0.39 is 6.04 Å². The molecule has 0 aliphatic heterocycles. The average molecular weight is 260 g/mol. The quantitative estimate of drug-likeness (QED) is 0.768. The van der Waals surface area contributed by atoms with Gasteiger partial charge in [0.15, 0.2) is 0 Å². The van der Waals surface area contributed by atoms with Crippen molar-refractivity contribution in [1.29, 1.82) is 0 Å². The van der Waals surface area contributed by atoms with Crippen LogP contribution in [0.5, 0.6) is 0 Å². The largest absolute Gasteiger partial charge is 0.459 e. The van der Waals surface area contributed by atoms with Gasteiger partial charge in [-0.3, -0.25) is 9.97 Å².